The topological polar surface area (TPSA) is 55.1 Å². The van der Waals surface area contributed by atoms with Gasteiger partial charge in [0.05, 0.1) is 11.4 Å². The zero-order valence-electron chi connectivity index (χ0n) is 10.9. The monoisotopic (exact) mass is 298 g/mol. The summed E-state index contributed by atoms with van der Waals surface area (Å²) in [7, 11) is 0. The van der Waals surface area contributed by atoms with Gasteiger partial charge in [0.1, 0.15) is 0 Å². The van der Waals surface area contributed by atoms with E-state index >= 15 is 0 Å². The number of nitrogens with one attached hydrogen (secondary N) is 1. The summed E-state index contributed by atoms with van der Waals surface area (Å²) in [5, 5.41) is 2.81. The van der Waals surface area contributed by atoms with E-state index in [0.29, 0.717) is 4.99 Å². The number of nitrogens with two attached hydrogens (primary N) is 1. The van der Waals surface area contributed by atoms with Gasteiger partial charge in [-0.25, -0.2) is 8.78 Å². The fraction of sp³-hybridized carbons (Fsp3) is 0.429. The number of hydrogen-bond donors (Lipinski definition) is 2. The number of thiocarbonyl (C=S) groups is 1. The van der Waals surface area contributed by atoms with Crippen LogP contribution in [0.1, 0.15) is 24.8 Å². The molecule has 1 aromatic rings. The van der Waals surface area contributed by atoms with Crippen molar-refractivity contribution in [3.63, 3.8) is 0 Å². The number of rotatable bonds is 4. The van der Waals surface area contributed by atoms with Crippen molar-refractivity contribution in [1.29, 1.82) is 0 Å². The van der Waals surface area contributed by atoms with Crippen LogP contribution >= 0.6 is 12.2 Å². The van der Waals surface area contributed by atoms with Gasteiger partial charge in [0.2, 0.25) is 5.91 Å². The quantitative estimate of drug-likeness (QED) is 0.837. The third-order valence-electron chi connectivity index (χ3n) is 3.61. The molecular formula is C14H16F2N2OS. The molecule has 6 heteroatoms. The van der Waals surface area contributed by atoms with Crippen molar-refractivity contribution in [3.8, 4) is 0 Å². The van der Waals surface area contributed by atoms with Gasteiger partial charge in [-0.15, -0.1) is 0 Å². The highest BCUT2D eigenvalue weighted by molar-refractivity contribution is 7.80. The predicted molar refractivity (Wildman–Crippen MR) is 76.1 cm³/mol. The Morgan fingerprint density at radius 2 is 2.15 bits per heavy atom. The zero-order valence-corrected chi connectivity index (χ0v) is 11.7. The maximum atomic E-state index is 13.5. The summed E-state index contributed by atoms with van der Waals surface area (Å²) < 4.78 is 26.5. The first kappa shape index (κ1) is 14.8. The molecule has 0 bridgehead atoms. The lowest BCUT2D eigenvalue weighted by Gasteiger charge is -2.20. The van der Waals surface area contributed by atoms with Crippen molar-refractivity contribution in [2.45, 2.75) is 31.7 Å². The van der Waals surface area contributed by atoms with Crippen molar-refractivity contribution in [2.75, 3.05) is 0 Å². The van der Waals surface area contributed by atoms with Crippen LogP contribution in [0.15, 0.2) is 18.2 Å². The number of carbonyl (C=O) groups excluding carboxylic acids is 1. The highest BCUT2D eigenvalue weighted by Gasteiger charge is 2.30. The first-order valence-electron chi connectivity index (χ1n) is 6.50. The summed E-state index contributed by atoms with van der Waals surface area (Å²) >= 11 is 4.97. The summed E-state index contributed by atoms with van der Waals surface area (Å²) in [6, 6.07) is 3.71. The molecule has 0 heterocycles. The van der Waals surface area contributed by atoms with Crippen molar-refractivity contribution < 1.29 is 13.6 Å². The maximum absolute atomic E-state index is 13.5. The summed E-state index contributed by atoms with van der Waals surface area (Å²) in [5.41, 5.74) is 5.68. The summed E-state index contributed by atoms with van der Waals surface area (Å²) in [6.07, 6.45) is 2.42. The average molecular weight is 298 g/mol. The second-order valence-corrected chi connectivity index (χ2v) is 5.47. The van der Waals surface area contributed by atoms with Gasteiger partial charge >= 0.3 is 0 Å². The smallest absolute Gasteiger partial charge is 0.224 e. The van der Waals surface area contributed by atoms with Crippen LogP contribution in [0.3, 0.4) is 0 Å². The van der Waals surface area contributed by atoms with Crippen LogP contribution in [0.5, 0.6) is 0 Å². The molecular weight excluding hydrogens is 282 g/mol. The Labute approximate surface area is 121 Å². The average Bonchev–Trinajstić information content (AvgIpc) is 2.83. The molecule has 2 unspecified atom stereocenters. The summed E-state index contributed by atoms with van der Waals surface area (Å²) in [6.45, 7) is 0. The van der Waals surface area contributed by atoms with Crippen LogP contribution in [-0.2, 0) is 11.2 Å². The van der Waals surface area contributed by atoms with Crippen molar-refractivity contribution in [3.05, 3.63) is 35.4 Å². The van der Waals surface area contributed by atoms with Gasteiger partial charge in [0, 0.05) is 17.5 Å². The van der Waals surface area contributed by atoms with Gasteiger partial charge in [-0.2, -0.15) is 0 Å². The van der Waals surface area contributed by atoms with Crippen LogP contribution in [0.25, 0.3) is 0 Å². The van der Waals surface area contributed by atoms with E-state index in [9.17, 15) is 13.6 Å². The third kappa shape index (κ3) is 3.30. The normalized spacial score (nSPS) is 21.7. The molecule has 1 aliphatic carbocycles. The molecule has 2 atom stereocenters. The second-order valence-electron chi connectivity index (χ2n) is 5.00. The highest BCUT2D eigenvalue weighted by Crippen LogP contribution is 2.26. The molecule has 1 aliphatic rings. The minimum atomic E-state index is -0.972. The highest BCUT2D eigenvalue weighted by atomic mass is 32.1. The van der Waals surface area contributed by atoms with E-state index in [0.717, 1.165) is 25.3 Å². The minimum Gasteiger partial charge on any atom is -0.393 e. The van der Waals surface area contributed by atoms with E-state index < -0.39 is 11.6 Å². The van der Waals surface area contributed by atoms with E-state index in [4.69, 9.17) is 18.0 Å². The van der Waals surface area contributed by atoms with E-state index in [1.165, 1.54) is 12.1 Å². The van der Waals surface area contributed by atoms with Gasteiger partial charge in [0.15, 0.2) is 11.6 Å². The number of halogens is 2. The van der Waals surface area contributed by atoms with Crippen LogP contribution in [0.2, 0.25) is 0 Å². The van der Waals surface area contributed by atoms with E-state index in [1.54, 1.807) is 0 Å². The molecule has 0 aromatic heterocycles. The molecule has 2 rings (SSSR count). The van der Waals surface area contributed by atoms with Gasteiger partial charge in [-0.1, -0.05) is 30.8 Å². The summed E-state index contributed by atoms with van der Waals surface area (Å²) in [4.78, 5) is 12.3. The molecule has 1 amide bonds. The van der Waals surface area contributed by atoms with E-state index in [1.807, 2.05) is 0 Å². The van der Waals surface area contributed by atoms with Crippen molar-refractivity contribution in [1.82, 2.24) is 5.32 Å². The molecule has 1 aromatic carbocycles. The Bertz CT molecular complexity index is 536. The fourth-order valence-electron chi connectivity index (χ4n) is 2.59. The first-order chi connectivity index (χ1) is 9.49. The van der Waals surface area contributed by atoms with Gasteiger partial charge < -0.3 is 11.1 Å². The molecule has 0 aliphatic heterocycles. The number of hydrogen-bond acceptors (Lipinski definition) is 2. The standard InChI is InChI=1S/C14H16F2N2OS/c15-10-5-1-3-8(13(10)16)7-12(19)18-11-6-2-4-9(11)14(17)20/h1,3,5,9,11H,2,4,6-7H2,(H2,17,20)(H,18,19). The van der Waals surface area contributed by atoms with Crippen LogP contribution in [0, 0.1) is 17.6 Å². The lowest BCUT2D eigenvalue weighted by Crippen LogP contribution is -2.42. The third-order valence-corrected chi connectivity index (χ3v) is 3.91. The van der Waals surface area contributed by atoms with Crippen molar-refractivity contribution in [2.24, 2.45) is 11.7 Å². The van der Waals surface area contributed by atoms with E-state index in [2.05, 4.69) is 5.32 Å². The minimum absolute atomic E-state index is 0.00805. The zero-order chi connectivity index (χ0) is 14.7. The molecule has 3 N–H and O–H groups in total. The molecule has 1 saturated carbocycles. The molecule has 108 valence electrons. The van der Waals surface area contributed by atoms with Crippen molar-refractivity contribution >= 4 is 23.1 Å². The Balaban J connectivity index is 1.99. The first-order valence-corrected chi connectivity index (χ1v) is 6.91. The van der Waals surface area contributed by atoms with Gasteiger partial charge in [-0.3, -0.25) is 4.79 Å². The molecule has 0 saturated heterocycles. The van der Waals surface area contributed by atoms with Crippen LogP contribution in [0.4, 0.5) is 8.78 Å². The van der Waals surface area contributed by atoms with E-state index in [-0.39, 0.29) is 29.9 Å². The maximum Gasteiger partial charge on any atom is 0.224 e. The van der Waals surface area contributed by atoms with Crippen LogP contribution < -0.4 is 11.1 Å². The Morgan fingerprint density at radius 3 is 2.85 bits per heavy atom. The molecule has 20 heavy (non-hydrogen) atoms. The van der Waals surface area contributed by atoms with Gasteiger partial charge in [-0.05, 0) is 18.9 Å². The number of carbonyl (C=O) groups is 1. The lowest BCUT2D eigenvalue weighted by atomic mass is 10.0. The molecule has 3 nitrogen and oxygen atoms in total. The Kier molecular flexibility index (Phi) is 4.65. The van der Waals surface area contributed by atoms with Gasteiger partial charge in [0.25, 0.3) is 0 Å². The predicted octanol–water partition coefficient (Wildman–Crippen LogP) is 2.08. The summed E-state index contributed by atoms with van der Waals surface area (Å²) in [5.74, 6) is -2.27. The largest absolute Gasteiger partial charge is 0.393 e. The SMILES string of the molecule is NC(=S)C1CCCC1NC(=O)Cc1cccc(F)c1F. The molecule has 0 radical (unpaired) electrons. The van der Waals surface area contributed by atoms with Crippen LogP contribution in [-0.4, -0.2) is 16.9 Å². The number of amides is 1. The Hall–Kier alpha value is -1.56. The fourth-order valence-corrected chi connectivity index (χ4v) is 2.87. The molecule has 0 spiro atoms. The second kappa shape index (κ2) is 6.26. The number of benzene rings is 1. The Morgan fingerprint density at radius 1 is 1.40 bits per heavy atom. The lowest BCUT2D eigenvalue weighted by molar-refractivity contribution is -0.121. The molecule has 1 fully saturated rings.